The van der Waals surface area contributed by atoms with Crippen molar-refractivity contribution in [3.05, 3.63) is 47.5 Å². The van der Waals surface area contributed by atoms with Crippen LogP contribution in [0.3, 0.4) is 0 Å². The van der Waals surface area contributed by atoms with Crippen LogP contribution >= 0.6 is 0 Å². The van der Waals surface area contributed by atoms with Gasteiger partial charge in [-0.15, -0.1) is 0 Å². The lowest BCUT2D eigenvalue weighted by Gasteiger charge is -2.11. The molecule has 3 aliphatic carbocycles. The Kier molecular flexibility index (Phi) is 1.54. The SMILES string of the molecule is O=C1CC(=O)c2ccc3ccccc1c2-3. The maximum Gasteiger partial charge on any atom is 0.171 e. The van der Waals surface area contributed by atoms with E-state index in [-0.39, 0.29) is 18.0 Å². The van der Waals surface area contributed by atoms with Gasteiger partial charge in [-0.25, -0.2) is 0 Å². The number of hydrogen-bond donors (Lipinski definition) is 0. The topological polar surface area (TPSA) is 34.1 Å². The third-order valence-electron chi connectivity index (χ3n) is 2.83. The predicted octanol–water partition coefficient (Wildman–Crippen LogP) is 2.56. The minimum absolute atomic E-state index is 0.0100. The predicted molar refractivity (Wildman–Crippen MR) is 56.3 cm³/mol. The van der Waals surface area contributed by atoms with Crippen molar-refractivity contribution >= 4 is 11.6 Å². The fourth-order valence-electron chi connectivity index (χ4n) is 2.13. The van der Waals surface area contributed by atoms with Crippen LogP contribution in [-0.4, -0.2) is 11.6 Å². The molecule has 0 N–H and O–H groups in total. The van der Waals surface area contributed by atoms with Crippen LogP contribution < -0.4 is 0 Å². The van der Waals surface area contributed by atoms with E-state index in [1.165, 1.54) is 0 Å². The molecule has 0 amide bonds. The summed E-state index contributed by atoms with van der Waals surface area (Å²) in [7, 11) is 0. The minimum Gasteiger partial charge on any atom is -0.294 e. The molecule has 0 heterocycles. The molecular weight excluding hydrogens is 188 g/mol. The molecule has 0 aromatic heterocycles. The molecule has 0 saturated carbocycles. The second-order valence-corrected chi connectivity index (χ2v) is 3.73. The van der Waals surface area contributed by atoms with Crippen LogP contribution in [0.5, 0.6) is 0 Å². The average molecular weight is 196 g/mol. The Morgan fingerprint density at radius 1 is 0.800 bits per heavy atom. The first-order valence-electron chi connectivity index (χ1n) is 4.85. The maximum absolute atomic E-state index is 11.7. The van der Waals surface area contributed by atoms with Gasteiger partial charge in [-0.1, -0.05) is 36.4 Å². The Morgan fingerprint density at radius 3 is 2.27 bits per heavy atom. The van der Waals surface area contributed by atoms with Crippen molar-refractivity contribution in [2.24, 2.45) is 0 Å². The van der Waals surface area contributed by atoms with Gasteiger partial charge in [0.25, 0.3) is 0 Å². The summed E-state index contributed by atoms with van der Waals surface area (Å²) in [4.78, 5) is 23.3. The summed E-state index contributed by atoms with van der Waals surface area (Å²) in [6.45, 7) is 0. The van der Waals surface area contributed by atoms with Gasteiger partial charge < -0.3 is 0 Å². The zero-order chi connectivity index (χ0) is 10.4. The smallest absolute Gasteiger partial charge is 0.171 e. The molecule has 3 aliphatic rings. The summed E-state index contributed by atoms with van der Waals surface area (Å²) in [5, 5.41) is 0. The fraction of sp³-hybridized carbons (Fsp3) is 0.0769. The first kappa shape index (κ1) is 8.36. The summed E-state index contributed by atoms with van der Waals surface area (Å²) in [6, 6.07) is 11.1. The highest BCUT2D eigenvalue weighted by Crippen LogP contribution is 2.35. The molecule has 0 aliphatic heterocycles. The van der Waals surface area contributed by atoms with Crippen molar-refractivity contribution in [1.29, 1.82) is 0 Å². The van der Waals surface area contributed by atoms with Gasteiger partial charge in [-0.2, -0.15) is 0 Å². The monoisotopic (exact) mass is 196 g/mol. The normalized spacial score (nSPS) is 14.7. The van der Waals surface area contributed by atoms with Gasteiger partial charge in [0, 0.05) is 16.7 Å². The molecule has 2 nitrogen and oxygen atoms in total. The molecule has 0 aromatic rings. The molecule has 0 spiro atoms. The van der Waals surface area contributed by atoms with Crippen molar-refractivity contribution in [3.63, 3.8) is 0 Å². The molecule has 2 heteroatoms. The molecule has 72 valence electrons. The standard InChI is InChI=1S/C13H8O2/c14-11-7-12(15)10-6-5-8-3-1-2-4-9(11)13(8)10/h1-6H,7H2. The van der Waals surface area contributed by atoms with Gasteiger partial charge in [-0.05, 0) is 5.56 Å². The molecule has 0 radical (unpaired) electrons. The zero-order valence-electron chi connectivity index (χ0n) is 7.99. The lowest BCUT2D eigenvalue weighted by molar-refractivity contribution is 0.0888. The van der Waals surface area contributed by atoms with E-state index < -0.39 is 0 Å². The molecule has 0 fully saturated rings. The van der Waals surface area contributed by atoms with Crippen LogP contribution in [-0.2, 0) is 0 Å². The molecule has 0 unspecified atom stereocenters. The maximum atomic E-state index is 11.7. The summed E-state index contributed by atoms with van der Waals surface area (Å²) in [6.07, 6.45) is 0.0100. The van der Waals surface area contributed by atoms with E-state index in [0.29, 0.717) is 11.1 Å². The number of rotatable bonds is 0. The molecule has 0 atom stereocenters. The quantitative estimate of drug-likeness (QED) is 0.607. The van der Waals surface area contributed by atoms with E-state index in [2.05, 4.69) is 0 Å². The molecule has 0 aromatic carbocycles. The van der Waals surface area contributed by atoms with Gasteiger partial charge in [0.05, 0.1) is 6.42 Å². The third-order valence-corrected chi connectivity index (χ3v) is 2.83. The van der Waals surface area contributed by atoms with Crippen molar-refractivity contribution in [1.82, 2.24) is 0 Å². The Balaban J connectivity index is 2.46. The van der Waals surface area contributed by atoms with E-state index in [0.717, 1.165) is 11.1 Å². The molecular formula is C13H8O2. The number of carbonyl (C=O) groups is 2. The van der Waals surface area contributed by atoms with Crippen LogP contribution in [0.1, 0.15) is 27.1 Å². The Morgan fingerprint density at radius 2 is 1.47 bits per heavy atom. The Hall–Kier alpha value is -1.96. The van der Waals surface area contributed by atoms with E-state index in [9.17, 15) is 9.59 Å². The number of hydrogen-bond acceptors (Lipinski definition) is 2. The number of carbonyl (C=O) groups excluding carboxylic acids is 2. The van der Waals surface area contributed by atoms with E-state index >= 15 is 0 Å². The van der Waals surface area contributed by atoms with Crippen LogP contribution in [0, 0.1) is 0 Å². The molecule has 15 heavy (non-hydrogen) atoms. The van der Waals surface area contributed by atoms with Gasteiger partial charge in [0.1, 0.15) is 0 Å². The van der Waals surface area contributed by atoms with Gasteiger partial charge >= 0.3 is 0 Å². The third kappa shape index (κ3) is 1.05. The summed E-state index contributed by atoms with van der Waals surface area (Å²) < 4.78 is 0. The van der Waals surface area contributed by atoms with Crippen molar-refractivity contribution in [3.8, 4) is 11.1 Å². The minimum atomic E-state index is -0.0695. The lowest BCUT2D eigenvalue weighted by atomic mass is 9.89. The zero-order valence-corrected chi connectivity index (χ0v) is 7.99. The Bertz CT molecular complexity index is 555. The second-order valence-electron chi connectivity index (χ2n) is 3.73. The van der Waals surface area contributed by atoms with E-state index in [1.807, 2.05) is 30.3 Å². The highest BCUT2D eigenvalue weighted by Gasteiger charge is 2.28. The lowest BCUT2D eigenvalue weighted by Crippen LogP contribution is -2.15. The summed E-state index contributed by atoms with van der Waals surface area (Å²) in [5.41, 5.74) is 3.15. The van der Waals surface area contributed by atoms with Crippen LogP contribution in [0.2, 0.25) is 0 Å². The van der Waals surface area contributed by atoms with E-state index in [1.54, 1.807) is 6.07 Å². The average Bonchev–Trinajstić information content (AvgIpc) is 2.50. The summed E-state index contributed by atoms with van der Waals surface area (Å²) in [5.74, 6) is -0.131. The van der Waals surface area contributed by atoms with Crippen LogP contribution in [0.15, 0.2) is 36.4 Å². The number of Topliss-reactive ketones (excluding diaryl/α,β-unsaturated/α-hetero) is 2. The van der Waals surface area contributed by atoms with Crippen LogP contribution in [0.4, 0.5) is 0 Å². The first-order valence-corrected chi connectivity index (χ1v) is 4.85. The van der Waals surface area contributed by atoms with Crippen molar-refractivity contribution in [2.75, 3.05) is 0 Å². The van der Waals surface area contributed by atoms with Crippen molar-refractivity contribution < 1.29 is 9.59 Å². The molecule has 0 bridgehead atoms. The fourth-order valence-corrected chi connectivity index (χ4v) is 2.13. The van der Waals surface area contributed by atoms with Gasteiger partial charge in [0.2, 0.25) is 0 Å². The highest BCUT2D eigenvalue weighted by atomic mass is 16.1. The van der Waals surface area contributed by atoms with Crippen molar-refractivity contribution in [2.45, 2.75) is 6.42 Å². The van der Waals surface area contributed by atoms with Gasteiger partial charge in [0.15, 0.2) is 11.6 Å². The number of ketones is 2. The highest BCUT2D eigenvalue weighted by molar-refractivity contribution is 6.23. The van der Waals surface area contributed by atoms with Gasteiger partial charge in [-0.3, -0.25) is 9.59 Å². The second kappa shape index (κ2) is 2.76. The largest absolute Gasteiger partial charge is 0.294 e. The summed E-state index contributed by atoms with van der Waals surface area (Å²) >= 11 is 0. The Labute approximate surface area is 86.9 Å². The molecule has 0 saturated heterocycles. The molecule has 3 rings (SSSR count). The van der Waals surface area contributed by atoms with E-state index in [4.69, 9.17) is 0 Å². The first-order chi connectivity index (χ1) is 7.27. The van der Waals surface area contributed by atoms with Crippen LogP contribution in [0.25, 0.3) is 11.1 Å².